The predicted molar refractivity (Wildman–Crippen MR) is 88.9 cm³/mol. The zero-order chi connectivity index (χ0) is 16.4. The fourth-order valence-electron chi connectivity index (χ4n) is 2.83. The highest BCUT2D eigenvalue weighted by Gasteiger charge is 2.45. The summed E-state index contributed by atoms with van der Waals surface area (Å²) >= 11 is 5.07. The molecule has 0 spiro atoms. The van der Waals surface area contributed by atoms with Gasteiger partial charge in [-0.25, -0.2) is 0 Å². The molecule has 1 fully saturated rings. The number of amides is 1. The lowest BCUT2D eigenvalue weighted by Crippen LogP contribution is -2.28. The minimum absolute atomic E-state index is 0.0359. The first-order valence-electron chi connectivity index (χ1n) is 7.62. The number of carbonyl (C=O) groups is 1. The topological polar surface area (TPSA) is 71.9 Å². The number of ether oxygens (including phenoxy) is 1. The molecular formula is C16H20N4O2S. The number of nitrogens with one attached hydrogen (secondary N) is 2. The van der Waals surface area contributed by atoms with E-state index in [1.54, 1.807) is 7.11 Å². The van der Waals surface area contributed by atoms with Crippen molar-refractivity contribution in [3.63, 3.8) is 0 Å². The summed E-state index contributed by atoms with van der Waals surface area (Å²) in [6.45, 7) is 0.557. The Morgan fingerprint density at radius 2 is 2.30 bits per heavy atom. The van der Waals surface area contributed by atoms with Crippen molar-refractivity contribution in [1.82, 2.24) is 20.1 Å². The monoisotopic (exact) mass is 332 g/mol. The second kappa shape index (κ2) is 6.54. The Morgan fingerprint density at radius 3 is 3.00 bits per heavy atom. The van der Waals surface area contributed by atoms with Gasteiger partial charge in [0.25, 0.3) is 0 Å². The number of methoxy groups -OCH3 is 1. The van der Waals surface area contributed by atoms with Crippen LogP contribution in [-0.2, 0) is 18.3 Å². The highest BCUT2D eigenvalue weighted by atomic mass is 32.1. The van der Waals surface area contributed by atoms with Gasteiger partial charge in [0.2, 0.25) is 5.91 Å². The lowest BCUT2D eigenvalue weighted by atomic mass is 10.1. The first kappa shape index (κ1) is 15.7. The van der Waals surface area contributed by atoms with Crippen molar-refractivity contribution in [1.29, 1.82) is 0 Å². The molecule has 23 heavy (non-hydrogen) atoms. The van der Waals surface area contributed by atoms with Crippen molar-refractivity contribution in [2.24, 2.45) is 13.0 Å². The fraction of sp³-hybridized carbons (Fsp3) is 0.438. The summed E-state index contributed by atoms with van der Waals surface area (Å²) in [6, 6.07) is 7.89. The second-order valence-corrected chi connectivity index (χ2v) is 6.12. The Kier molecular flexibility index (Phi) is 4.47. The van der Waals surface area contributed by atoms with Crippen LogP contribution in [0.15, 0.2) is 24.3 Å². The Labute approximate surface area is 139 Å². The molecule has 0 unspecified atom stereocenters. The van der Waals surface area contributed by atoms with Crippen molar-refractivity contribution < 1.29 is 9.53 Å². The molecule has 1 saturated carbocycles. The fourth-order valence-corrected chi connectivity index (χ4v) is 2.98. The first-order chi connectivity index (χ1) is 11.1. The van der Waals surface area contributed by atoms with Gasteiger partial charge in [-0.2, -0.15) is 5.10 Å². The van der Waals surface area contributed by atoms with E-state index >= 15 is 0 Å². The zero-order valence-electron chi connectivity index (χ0n) is 13.2. The van der Waals surface area contributed by atoms with Crippen LogP contribution in [0.5, 0.6) is 5.75 Å². The molecule has 6 nitrogen and oxygen atoms in total. The highest BCUT2D eigenvalue weighted by molar-refractivity contribution is 7.71. The molecule has 1 aromatic carbocycles. The Morgan fingerprint density at radius 1 is 1.52 bits per heavy atom. The maximum atomic E-state index is 12.3. The van der Waals surface area contributed by atoms with Gasteiger partial charge in [0.05, 0.1) is 7.11 Å². The summed E-state index contributed by atoms with van der Waals surface area (Å²) in [5.74, 6) is 2.08. The maximum Gasteiger partial charge on any atom is 0.223 e. The van der Waals surface area contributed by atoms with E-state index in [2.05, 4.69) is 15.5 Å². The van der Waals surface area contributed by atoms with Crippen LogP contribution in [-0.4, -0.2) is 34.3 Å². The number of carbonyl (C=O) groups excluding carboxylic acids is 1. The molecule has 1 aromatic heterocycles. The summed E-state index contributed by atoms with van der Waals surface area (Å²) in [4.78, 5) is 12.3. The summed E-state index contributed by atoms with van der Waals surface area (Å²) in [5.41, 5.74) is 1.12. The van der Waals surface area contributed by atoms with Gasteiger partial charge < -0.3 is 14.6 Å². The van der Waals surface area contributed by atoms with Crippen LogP contribution in [0.1, 0.15) is 23.7 Å². The van der Waals surface area contributed by atoms with Crippen molar-refractivity contribution in [2.45, 2.75) is 18.8 Å². The van der Waals surface area contributed by atoms with Crippen LogP contribution in [0.2, 0.25) is 0 Å². The van der Waals surface area contributed by atoms with E-state index in [1.807, 2.05) is 35.9 Å². The van der Waals surface area contributed by atoms with E-state index in [9.17, 15) is 4.79 Å². The number of aromatic amines is 1. The Bertz CT molecular complexity index is 767. The van der Waals surface area contributed by atoms with Crippen molar-refractivity contribution >= 4 is 18.1 Å². The SMILES string of the molecule is COc1ccccc1[C@@H]1C[C@@H]1C(=O)NCCc1n[nH]c(=S)n1C. The van der Waals surface area contributed by atoms with Crippen LogP contribution < -0.4 is 10.1 Å². The number of H-pyrrole nitrogens is 1. The van der Waals surface area contributed by atoms with E-state index in [1.165, 1.54) is 0 Å². The van der Waals surface area contributed by atoms with Gasteiger partial charge in [-0.05, 0) is 36.2 Å². The molecular weight excluding hydrogens is 312 g/mol. The summed E-state index contributed by atoms with van der Waals surface area (Å²) in [5, 5.41) is 9.86. The molecule has 3 rings (SSSR count). The lowest BCUT2D eigenvalue weighted by Gasteiger charge is -2.08. The molecule has 0 aliphatic heterocycles. The number of aromatic nitrogens is 3. The number of para-hydroxylation sites is 1. The minimum atomic E-state index is 0.0359. The molecule has 1 heterocycles. The number of hydrogen-bond donors (Lipinski definition) is 2. The Hall–Kier alpha value is -2.15. The van der Waals surface area contributed by atoms with E-state index in [0.29, 0.717) is 17.7 Å². The van der Waals surface area contributed by atoms with Crippen LogP contribution >= 0.6 is 12.2 Å². The molecule has 0 radical (unpaired) electrons. The Balaban J connectivity index is 1.52. The molecule has 2 N–H and O–H groups in total. The number of nitrogens with zero attached hydrogens (tertiary/aromatic N) is 2. The van der Waals surface area contributed by atoms with Crippen molar-refractivity contribution in [2.75, 3.05) is 13.7 Å². The smallest absolute Gasteiger partial charge is 0.223 e. The van der Waals surface area contributed by atoms with Gasteiger partial charge >= 0.3 is 0 Å². The number of rotatable bonds is 6. The van der Waals surface area contributed by atoms with Crippen LogP contribution in [0.25, 0.3) is 0 Å². The van der Waals surface area contributed by atoms with Crippen molar-refractivity contribution in [3.8, 4) is 5.75 Å². The normalized spacial score (nSPS) is 19.4. The van der Waals surface area contributed by atoms with E-state index in [0.717, 1.165) is 23.6 Å². The third-order valence-corrected chi connectivity index (χ3v) is 4.65. The quantitative estimate of drug-likeness (QED) is 0.793. The van der Waals surface area contributed by atoms with Gasteiger partial charge in [0.15, 0.2) is 4.77 Å². The third kappa shape index (κ3) is 3.29. The van der Waals surface area contributed by atoms with Gasteiger partial charge in [-0.1, -0.05) is 18.2 Å². The molecule has 1 amide bonds. The predicted octanol–water partition coefficient (Wildman–Crippen LogP) is 1.95. The standard InChI is InChI=1S/C16H20N4O2S/c1-20-14(18-19-16(20)23)7-8-17-15(21)12-9-11(12)10-5-3-4-6-13(10)22-2/h3-6,11-12H,7-9H2,1-2H3,(H,17,21)(H,19,23)/t11-,12-/m0/s1. The molecule has 1 aliphatic rings. The van der Waals surface area contributed by atoms with Gasteiger partial charge in [-0.3, -0.25) is 9.89 Å². The van der Waals surface area contributed by atoms with E-state index in [4.69, 9.17) is 17.0 Å². The van der Waals surface area contributed by atoms with Crippen LogP contribution in [0.3, 0.4) is 0 Å². The number of hydrogen-bond acceptors (Lipinski definition) is 4. The molecule has 7 heteroatoms. The number of benzene rings is 1. The molecule has 122 valence electrons. The minimum Gasteiger partial charge on any atom is -0.496 e. The molecule has 2 atom stereocenters. The van der Waals surface area contributed by atoms with Crippen LogP contribution in [0.4, 0.5) is 0 Å². The first-order valence-corrected chi connectivity index (χ1v) is 8.03. The van der Waals surface area contributed by atoms with Crippen LogP contribution in [0, 0.1) is 10.7 Å². The average Bonchev–Trinajstić information content (AvgIpc) is 3.31. The summed E-state index contributed by atoms with van der Waals surface area (Å²) < 4.78 is 7.78. The van der Waals surface area contributed by atoms with Crippen molar-refractivity contribution in [3.05, 3.63) is 40.4 Å². The zero-order valence-corrected chi connectivity index (χ0v) is 14.0. The molecule has 0 saturated heterocycles. The molecule has 2 aromatic rings. The average molecular weight is 332 g/mol. The third-order valence-electron chi connectivity index (χ3n) is 4.29. The largest absolute Gasteiger partial charge is 0.496 e. The maximum absolute atomic E-state index is 12.3. The van der Waals surface area contributed by atoms with E-state index < -0.39 is 0 Å². The lowest BCUT2D eigenvalue weighted by molar-refractivity contribution is -0.122. The van der Waals surface area contributed by atoms with E-state index in [-0.39, 0.29) is 17.7 Å². The highest BCUT2D eigenvalue weighted by Crippen LogP contribution is 2.50. The summed E-state index contributed by atoms with van der Waals surface area (Å²) in [7, 11) is 3.52. The van der Waals surface area contributed by atoms with Gasteiger partial charge in [-0.15, -0.1) is 0 Å². The molecule has 0 bridgehead atoms. The van der Waals surface area contributed by atoms with Gasteiger partial charge in [0.1, 0.15) is 11.6 Å². The second-order valence-electron chi connectivity index (χ2n) is 5.74. The van der Waals surface area contributed by atoms with Gasteiger partial charge in [0, 0.05) is 25.9 Å². The summed E-state index contributed by atoms with van der Waals surface area (Å²) in [6.07, 6.45) is 1.53. The molecule has 1 aliphatic carbocycles.